The zero-order valence-electron chi connectivity index (χ0n) is 11.7. The van der Waals surface area contributed by atoms with E-state index >= 15 is 0 Å². The van der Waals surface area contributed by atoms with Crippen molar-refractivity contribution in [2.24, 2.45) is 0 Å². The third kappa shape index (κ3) is 3.61. The van der Waals surface area contributed by atoms with Gasteiger partial charge in [0.2, 0.25) is 0 Å². The largest absolute Gasteiger partial charge is 0.207 e. The summed E-state index contributed by atoms with van der Waals surface area (Å²) in [7, 11) is 0. The highest BCUT2D eigenvalue weighted by Crippen LogP contribution is 2.36. The smallest absolute Gasteiger partial charge is 0.123 e. The van der Waals surface area contributed by atoms with E-state index in [1.54, 1.807) is 12.1 Å². The van der Waals surface area contributed by atoms with Crippen LogP contribution in [0.4, 0.5) is 4.39 Å². The number of alkyl halides is 2. The van der Waals surface area contributed by atoms with E-state index in [1.165, 1.54) is 6.07 Å². The van der Waals surface area contributed by atoms with Crippen molar-refractivity contribution in [3.63, 3.8) is 0 Å². The summed E-state index contributed by atoms with van der Waals surface area (Å²) in [5, 5.41) is 0. The minimum Gasteiger partial charge on any atom is -0.207 e. The first kappa shape index (κ1) is 16.8. The second-order valence-electron chi connectivity index (χ2n) is 5.28. The zero-order valence-corrected chi connectivity index (χ0v) is 14.8. The average molecular weight is 390 g/mol. The quantitative estimate of drug-likeness (QED) is 0.562. The highest BCUT2D eigenvalue weighted by atomic mass is 79.9. The molecule has 0 radical (unpaired) electrons. The Balaban J connectivity index is 2.48. The summed E-state index contributed by atoms with van der Waals surface area (Å²) in [4.78, 5) is 0. The van der Waals surface area contributed by atoms with Gasteiger partial charge in [-0.3, -0.25) is 0 Å². The van der Waals surface area contributed by atoms with Crippen LogP contribution in [-0.2, 0) is 11.8 Å². The molecule has 0 nitrogen and oxygen atoms in total. The summed E-state index contributed by atoms with van der Waals surface area (Å²) in [6.07, 6.45) is 0.603. The molecule has 0 aromatic heterocycles. The van der Waals surface area contributed by atoms with Crippen LogP contribution in [0.15, 0.2) is 46.9 Å². The van der Waals surface area contributed by atoms with Crippen molar-refractivity contribution in [2.75, 3.05) is 11.8 Å². The van der Waals surface area contributed by atoms with E-state index in [1.807, 2.05) is 31.2 Å². The fourth-order valence-electron chi connectivity index (χ4n) is 2.46. The Morgan fingerprint density at radius 1 is 1.10 bits per heavy atom. The molecule has 0 saturated heterocycles. The summed E-state index contributed by atoms with van der Waals surface area (Å²) >= 11 is 16.1. The molecule has 0 aliphatic carbocycles. The highest BCUT2D eigenvalue weighted by Gasteiger charge is 2.33. The molecule has 0 heterocycles. The molecule has 0 unspecified atom stereocenters. The lowest BCUT2D eigenvalue weighted by Crippen LogP contribution is -2.34. The molecule has 2 aromatic rings. The number of halogens is 4. The summed E-state index contributed by atoms with van der Waals surface area (Å²) in [6, 6.07) is 12.7. The molecular formula is C17H16BrCl2F. The standard InChI is InChI=1S/C17H16BrCl2F/c1-12-6-7-14(21)8-13(12)9-17(10-19,11-20)15-4-2-3-5-16(15)18/h2-8H,9-11H2,1H3. The minimum atomic E-state index is -0.429. The molecule has 0 fully saturated rings. The van der Waals surface area contributed by atoms with Gasteiger partial charge >= 0.3 is 0 Å². The Bertz CT molecular complexity index is 624. The van der Waals surface area contributed by atoms with E-state index in [4.69, 9.17) is 23.2 Å². The van der Waals surface area contributed by atoms with Gasteiger partial charge in [0.15, 0.2) is 0 Å². The molecule has 0 atom stereocenters. The van der Waals surface area contributed by atoms with Crippen LogP contribution in [0.5, 0.6) is 0 Å². The molecule has 0 amide bonds. The molecule has 2 aromatic carbocycles. The zero-order chi connectivity index (χ0) is 15.5. The normalized spacial score (nSPS) is 11.7. The van der Waals surface area contributed by atoms with Gasteiger partial charge in [-0.05, 0) is 48.2 Å². The topological polar surface area (TPSA) is 0 Å². The van der Waals surface area contributed by atoms with E-state index < -0.39 is 5.41 Å². The monoisotopic (exact) mass is 388 g/mol. The van der Waals surface area contributed by atoms with Crippen molar-refractivity contribution < 1.29 is 4.39 Å². The van der Waals surface area contributed by atoms with Crippen LogP contribution in [0.3, 0.4) is 0 Å². The Kier molecular flexibility index (Phi) is 5.70. The summed E-state index contributed by atoms with van der Waals surface area (Å²) in [5.41, 5.74) is 2.61. The first-order valence-corrected chi connectivity index (χ1v) is 8.50. The van der Waals surface area contributed by atoms with Gasteiger partial charge in [-0.2, -0.15) is 0 Å². The lowest BCUT2D eigenvalue weighted by molar-refractivity contribution is 0.529. The van der Waals surface area contributed by atoms with Gasteiger partial charge in [-0.25, -0.2) is 4.39 Å². The van der Waals surface area contributed by atoms with Gasteiger partial charge in [-0.1, -0.05) is 40.2 Å². The Morgan fingerprint density at radius 2 is 1.76 bits per heavy atom. The van der Waals surface area contributed by atoms with Gasteiger partial charge < -0.3 is 0 Å². The van der Waals surface area contributed by atoms with Crippen LogP contribution < -0.4 is 0 Å². The van der Waals surface area contributed by atoms with Crippen molar-refractivity contribution in [1.29, 1.82) is 0 Å². The van der Waals surface area contributed by atoms with Crippen LogP contribution >= 0.6 is 39.1 Å². The average Bonchev–Trinajstić information content (AvgIpc) is 2.49. The van der Waals surface area contributed by atoms with Gasteiger partial charge in [0.1, 0.15) is 5.82 Å². The predicted molar refractivity (Wildman–Crippen MR) is 92.1 cm³/mol. The molecule has 0 aliphatic heterocycles. The maximum absolute atomic E-state index is 13.5. The van der Waals surface area contributed by atoms with Crippen LogP contribution in [0.25, 0.3) is 0 Å². The van der Waals surface area contributed by atoms with Gasteiger partial charge in [-0.15, -0.1) is 23.2 Å². The Labute approximate surface area is 143 Å². The Morgan fingerprint density at radius 3 is 2.38 bits per heavy atom. The third-order valence-corrected chi connectivity index (χ3v) is 5.51. The number of benzene rings is 2. The van der Waals surface area contributed by atoms with Crippen LogP contribution in [-0.4, -0.2) is 11.8 Å². The van der Waals surface area contributed by atoms with Crippen molar-refractivity contribution in [2.45, 2.75) is 18.8 Å². The van der Waals surface area contributed by atoms with Gasteiger partial charge in [0, 0.05) is 21.6 Å². The molecule has 4 heteroatoms. The fourth-order valence-corrected chi connectivity index (χ4v) is 3.92. The second-order valence-corrected chi connectivity index (χ2v) is 6.66. The van der Waals surface area contributed by atoms with Crippen LogP contribution in [0.1, 0.15) is 16.7 Å². The summed E-state index contributed by atoms with van der Waals surface area (Å²) < 4.78 is 14.5. The summed E-state index contributed by atoms with van der Waals surface area (Å²) in [5.74, 6) is 0.505. The SMILES string of the molecule is Cc1ccc(F)cc1CC(CCl)(CCl)c1ccccc1Br. The molecule has 21 heavy (non-hydrogen) atoms. The minimum absolute atomic E-state index is 0.235. The van der Waals surface area contributed by atoms with Crippen molar-refractivity contribution in [1.82, 2.24) is 0 Å². The molecule has 0 saturated carbocycles. The first-order chi connectivity index (χ1) is 10.0. The maximum Gasteiger partial charge on any atom is 0.123 e. The molecule has 0 bridgehead atoms. The van der Waals surface area contributed by atoms with E-state index in [-0.39, 0.29) is 5.82 Å². The number of aryl methyl sites for hydroxylation is 1. The second kappa shape index (κ2) is 7.13. The van der Waals surface area contributed by atoms with E-state index in [0.717, 1.165) is 21.2 Å². The molecule has 0 spiro atoms. The van der Waals surface area contributed by atoms with E-state index in [0.29, 0.717) is 18.2 Å². The molecule has 0 aliphatic rings. The third-order valence-electron chi connectivity index (χ3n) is 3.80. The summed E-state index contributed by atoms with van der Waals surface area (Å²) in [6.45, 7) is 1.97. The Hall–Kier alpha value is -0.570. The lowest BCUT2D eigenvalue weighted by atomic mass is 9.78. The first-order valence-electron chi connectivity index (χ1n) is 6.64. The van der Waals surface area contributed by atoms with E-state index in [2.05, 4.69) is 15.9 Å². The number of hydrogen-bond acceptors (Lipinski definition) is 0. The lowest BCUT2D eigenvalue weighted by Gasteiger charge is -2.32. The molecule has 112 valence electrons. The van der Waals surface area contributed by atoms with Gasteiger partial charge in [0.05, 0.1) is 0 Å². The molecule has 2 rings (SSSR count). The van der Waals surface area contributed by atoms with Crippen molar-refractivity contribution in [3.8, 4) is 0 Å². The van der Waals surface area contributed by atoms with E-state index in [9.17, 15) is 4.39 Å². The van der Waals surface area contributed by atoms with Crippen molar-refractivity contribution >= 4 is 39.1 Å². The highest BCUT2D eigenvalue weighted by molar-refractivity contribution is 9.10. The van der Waals surface area contributed by atoms with Gasteiger partial charge in [0.25, 0.3) is 0 Å². The molecular weight excluding hydrogens is 374 g/mol. The predicted octanol–water partition coefficient (Wildman–Crippen LogP) is 5.85. The fraction of sp³-hybridized carbons (Fsp3) is 0.294. The maximum atomic E-state index is 13.5. The number of rotatable bonds is 5. The van der Waals surface area contributed by atoms with Crippen molar-refractivity contribution in [3.05, 3.63) is 69.4 Å². The van der Waals surface area contributed by atoms with Crippen LogP contribution in [0.2, 0.25) is 0 Å². The number of hydrogen-bond donors (Lipinski definition) is 0. The molecule has 0 N–H and O–H groups in total. The van der Waals surface area contributed by atoms with Crippen LogP contribution in [0, 0.1) is 12.7 Å².